The molecule has 0 aromatic heterocycles. The van der Waals surface area contributed by atoms with Crippen LogP contribution in [0.1, 0.15) is 25.7 Å². The smallest absolute Gasteiger partial charge is 0.180 e. The van der Waals surface area contributed by atoms with Gasteiger partial charge in [0, 0.05) is 6.54 Å². The van der Waals surface area contributed by atoms with E-state index in [-0.39, 0.29) is 6.54 Å². The zero-order valence-corrected chi connectivity index (χ0v) is 5.32. The van der Waals surface area contributed by atoms with Crippen molar-refractivity contribution in [3.05, 3.63) is 0 Å². The summed E-state index contributed by atoms with van der Waals surface area (Å²) in [6.45, 7) is 0.265. The molecule has 1 nitrogen and oxygen atoms in total. The van der Waals surface area contributed by atoms with Gasteiger partial charge in [-0.25, -0.2) is 4.39 Å². The highest BCUT2D eigenvalue weighted by Crippen LogP contribution is 2.17. The fourth-order valence-corrected chi connectivity index (χ4v) is 1.03. The molecule has 1 aliphatic heterocycles. The number of nitrogens with zero attached hydrogens (tertiary/aromatic N) is 1. The Bertz CT molecular complexity index is 77.1. The minimum absolute atomic E-state index is 0.265. The average molecular weight is 135 g/mol. The first-order valence-electron chi connectivity index (χ1n) is 3.37. The van der Waals surface area contributed by atoms with E-state index in [1.807, 2.05) is 0 Å². The number of hydrogen-bond donors (Lipinski definition) is 0. The van der Waals surface area contributed by atoms with Gasteiger partial charge in [0.15, 0.2) is 6.30 Å². The van der Waals surface area contributed by atoms with Crippen LogP contribution in [-0.2, 0) is 0 Å². The molecule has 0 aromatic carbocycles. The lowest BCUT2D eigenvalue weighted by atomic mass is 10.2. The summed E-state index contributed by atoms with van der Waals surface area (Å²) < 4.78 is 24.7. The standard InChI is InChI=1S/C6H11F2N/c7-6-4-2-1-3-5-9(6)8/h6H,1-5H2. The molecule has 1 rings (SSSR count). The van der Waals surface area contributed by atoms with Gasteiger partial charge in [-0.15, -0.1) is 9.60 Å². The lowest BCUT2D eigenvalue weighted by molar-refractivity contribution is -0.0767. The Hall–Kier alpha value is -0.180. The molecule has 0 aromatic rings. The molecule has 0 aliphatic carbocycles. The first-order valence-corrected chi connectivity index (χ1v) is 3.37. The molecule has 3 heteroatoms. The van der Waals surface area contributed by atoms with E-state index >= 15 is 0 Å². The van der Waals surface area contributed by atoms with Crippen molar-refractivity contribution >= 4 is 0 Å². The lowest BCUT2D eigenvalue weighted by Gasteiger charge is -2.10. The van der Waals surface area contributed by atoms with Gasteiger partial charge in [0.05, 0.1) is 0 Å². The number of rotatable bonds is 0. The fraction of sp³-hybridized carbons (Fsp3) is 1.00. The van der Waals surface area contributed by atoms with E-state index in [2.05, 4.69) is 0 Å². The van der Waals surface area contributed by atoms with E-state index in [4.69, 9.17) is 0 Å². The van der Waals surface area contributed by atoms with Gasteiger partial charge in [0.2, 0.25) is 0 Å². The monoisotopic (exact) mass is 135 g/mol. The third-order valence-corrected chi connectivity index (χ3v) is 1.62. The Morgan fingerprint density at radius 1 is 1.22 bits per heavy atom. The Labute approximate surface area is 53.6 Å². The maximum absolute atomic E-state index is 12.4. The molecular formula is C6H11F2N. The van der Waals surface area contributed by atoms with Gasteiger partial charge < -0.3 is 0 Å². The molecule has 0 saturated carbocycles. The topological polar surface area (TPSA) is 3.24 Å². The SMILES string of the molecule is FC1CCCCCN1F. The summed E-state index contributed by atoms with van der Waals surface area (Å²) in [5.74, 6) is 0. The minimum atomic E-state index is -1.34. The van der Waals surface area contributed by atoms with E-state index in [0.717, 1.165) is 19.3 Å². The number of hydrogen-bond acceptors (Lipinski definition) is 1. The molecule has 54 valence electrons. The summed E-state index contributed by atoms with van der Waals surface area (Å²) in [4.78, 5) is 0. The number of alkyl halides is 1. The lowest BCUT2D eigenvalue weighted by Crippen LogP contribution is -2.22. The molecule has 1 fully saturated rings. The van der Waals surface area contributed by atoms with Crippen LogP contribution in [0.2, 0.25) is 0 Å². The average Bonchev–Trinajstić information content (AvgIpc) is 1.99. The molecule has 1 heterocycles. The second kappa shape index (κ2) is 3.11. The van der Waals surface area contributed by atoms with Crippen molar-refractivity contribution in [3.8, 4) is 0 Å². The van der Waals surface area contributed by atoms with Gasteiger partial charge in [0.25, 0.3) is 0 Å². The summed E-state index contributed by atoms with van der Waals surface area (Å²) in [6.07, 6.45) is 1.59. The zero-order valence-electron chi connectivity index (χ0n) is 5.32. The summed E-state index contributed by atoms with van der Waals surface area (Å²) in [5.41, 5.74) is 0. The van der Waals surface area contributed by atoms with Crippen molar-refractivity contribution < 1.29 is 8.87 Å². The molecule has 0 radical (unpaired) electrons. The van der Waals surface area contributed by atoms with Gasteiger partial charge in [-0.3, -0.25) is 0 Å². The zero-order chi connectivity index (χ0) is 6.69. The highest BCUT2D eigenvalue weighted by molar-refractivity contribution is 4.59. The fourth-order valence-electron chi connectivity index (χ4n) is 1.03. The van der Waals surface area contributed by atoms with Crippen LogP contribution in [-0.4, -0.2) is 18.0 Å². The summed E-state index contributed by atoms with van der Waals surface area (Å²) >= 11 is 0. The van der Waals surface area contributed by atoms with Gasteiger partial charge in [0.1, 0.15) is 0 Å². The maximum Gasteiger partial charge on any atom is 0.180 e. The molecule has 1 unspecified atom stereocenters. The Morgan fingerprint density at radius 2 is 2.00 bits per heavy atom. The molecule has 9 heavy (non-hydrogen) atoms. The second-order valence-electron chi connectivity index (χ2n) is 2.41. The van der Waals surface area contributed by atoms with Crippen LogP contribution in [0, 0.1) is 0 Å². The minimum Gasteiger partial charge on any atom is -0.228 e. The van der Waals surface area contributed by atoms with Gasteiger partial charge >= 0.3 is 0 Å². The van der Waals surface area contributed by atoms with Crippen LogP contribution in [0.3, 0.4) is 0 Å². The van der Waals surface area contributed by atoms with E-state index in [0.29, 0.717) is 11.5 Å². The third-order valence-electron chi connectivity index (χ3n) is 1.62. The van der Waals surface area contributed by atoms with Crippen LogP contribution in [0.4, 0.5) is 8.87 Å². The van der Waals surface area contributed by atoms with Gasteiger partial charge in [-0.1, -0.05) is 6.42 Å². The van der Waals surface area contributed by atoms with Crippen LogP contribution in [0.15, 0.2) is 0 Å². The van der Waals surface area contributed by atoms with Crippen LogP contribution in [0.25, 0.3) is 0 Å². The van der Waals surface area contributed by atoms with Crippen molar-refractivity contribution in [2.45, 2.75) is 32.0 Å². The maximum atomic E-state index is 12.4. The second-order valence-corrected chi connectivity index (χ2v) is 2.41. The molecule has 0 bridgehead atoms. The molecular weight excluding hydrogens is 124 g/mol. The van der Waals surface area contributed by atoms with E-state index in [1.54, 1.807) is 0 Å². The summed E-state index contributed by atoms with van der Waals surface area (Å²) in [5, 5.41) is 0.299. The van der Waals surface area contributed by atoms with Gasteiger partial charge in [-0.05, 0) is 19.3 Å². The molecule has 0 N–H and O–H groups in total. The highest BCUT2D eigenvalue weighted by atomic mass is 19.2. The van der Waals surface area contributed by atoms with E-state index in [9.17, 15) is 8.87 Å². The Kier molecular flexibility index (Phi) is 2.39. The van der Waals surface area contributed by atoms with Crippen molar-refractivity contribution in [2.75, 3.05) is 6.54 Å². The Balaban J connectivity index is 2.32. The highest BCUT2D eigenvalue weighted by Gasteiger charge is 2.18. The normalized spacial score (nSPS) is 32.0. The molecule has 1 atom stereocenters. The molecule has 1 aliphatic rings. The predicted molar refractivity (Wildman–Crippen MR) is 31.2 cm³/mol. The predicted octanol–water partition coefficient (Wildman–Crippen LogP) is 2.04. The van der Waals surface area contributed by atoms with Crippen LogP contribution < -0.4 is 0 Å². The molecule has 0 amide bonds. The molecule has 1 saturated heterocycles. The van der Waals surface area contributed by atoms with Crippen LogP contribution in [0.5, 0.6) is 0 Å². The number of halogens is 2. The van der Waals surface area contributed by atoms with E-state index < -0.39 is 6.30 Å². The first-order chi connectivity index (χ1) is 4.30. The quantitative estimate of drug-likeness (QED) is 0.363. The largest absolute Gasteiger partial charge is 0.228 e. The summed E-state index contributed by atoms with van der Waals surface area (Å²) in [6, 6.07) is 0. The van der Waals surface area contributed by atoms with Crippen molar-refractivity contribution in [3.63, 3.8) is 0 Å². The van der Waals surface area contributed by atoms with Crippen LogP contribution >= 0.6 is 0 Å². The summed E-state index contributed by atoms with van der Waals surface area (Å²) in [7, 11) is 0. The van der Waals surface area contributed by atoms with Crippen molar-refractivity contribution in [1.29, 1.82) is 0 Å². The van der Waals surface area contributed by atoms with Crippen molar-refractivity contribution in [2.24, 2.45) is 0 Å². The third kappa shape index (κ3) is 1.90. The molecule has 0 spiro atoms. The van der Waals surface area contributed by atoms with Crippen molar-refractivity contribution in [1.82, 2.24) is 5.12 Å². The first kappa shape index (κ1) is 6.93. The van der Waals surface area contributed by atoms with Gasteiger partial charge in [-0.2, -0.15) is 0 Å². The van der Waals surface area contributed by atoms with E-state index in [1.165, 1.54) is 0 Å². The Morgan fingerprint density at radius 3 is 2.78 bits per heavy atom.